The largest absolute Gasteiger partial charge is 0.466 e. The summed E-state index contributed by atoms with van der Waals surface area (Å²) in [5.41, 5.74) is -1.64. The van der Waals surface area contributed by atoms with Gasteiger partial charge in [0.25, 0.3) is 0 Å². The van der Waals surface area contributed by atoms with Crippen LogP contribution in [-0.4, -0.2) is 83.6 Å². The Balaban J connectivity index is 2.96. The van der Waals surface area contributed by atoms with Crippen LogP contribution in [0.2, 0.25) is 0 Å². The van der Waals surface area contributed by atoms with Crippen LogP contribution in [0, 0.1) is 0 Å². The van der Waals surface area contributed by atoms with E-state index in [4.69, 9.17) is 14.2 Å². The number of hydrogen-bond acceptors (Lipinski definition) is 10. The number of carbonyl (C=O) groups excluding carboxylic acids is 6. The molecule has 0 aromatic rings. The molecule has 0 radical (unpaired) electrons. The standard InChI is InChI=1S/C23H36N2O10/c1-13(26)33-16(21(31)32-8)12-17(27)24-14(19(29)34-22(2,3)4)11-18(28)25-10-9-15(25)20(30)35-23(5,6)7/h14-16H,9-12H2,1-8H3,(H,24,27)/t14-,15-,16-/m0/s1. The SMILES string of the molecule is COC(=O)[C@H](CC(=O)N[C@@H](CC(=O)N1CC[C@H]1C(=O)OC(C)(C)C)C(=O)OC(C)(C)C)OC(C)=O. The summed E-state index contributed by atoms with van der Waals surface area (Å²) in [5.74, 6) is -4.61. The van der Waals surface area contributed by atoms with Crippen LogP contribution in [0.25, 0.3) is 0 Å². The second-order valence-corrected chi connectivity index (χ2v) is 10.1. The normalized spacial score (nSPS) is 17.3. The van der Waals surface area contributed by atoms with E-state index in [0.29, 0.717) is 6.42 Å². The molecule has 2 amide bonds. The molecule has 12 nitrogen and oxygen atoms in total. The average Bonchev–Trinajstić information content (AvgIpc) is 2.61. The molecular formula is C23H36N2O10. The summed E-state index contributed by atoms with van der Waals surface area (Å²) in [6, 6.07) is -2.20. The van der Waals surface area contributed by atoms with Gasteiger partial charge < -0.3 is 29.2 Å². The van der Waals surface area contributed by atoms with Gasteiger partial charge in [0.1, 0.15) is 23.3 Å². The lowest BCUT2D eigenvalue weighted by Crippen LogP contribution is -2.58. The Bertz CT molecular complexity index is 840. The van der Waals surface area contributed by atoms with Crippen LogP contribution in [0.15, 0.2) is 0 Å². The van der Waals surface area contributed by atoms with E-state index in [2.05, 4.69) is 10.1 Å². The Morgan fingerprint density at radius 3 is 1.91 bits per heavy atom. The fourth-order valence-electron chi connectivity index (χ4n) is 3.09. The molecule has 0 saturated carbocycles. The predicted molar refractivity (Wildman–Crippen MR) is 121 cm³/mol. The van der Waals surface area contributed by atoms with E-state index >= 15 is 0 Å². The zero-order valence-corrected chi connectivity index (χ0v) is 21.6. The van der Waals surface area contributed by atoms with Crippen LogP contribution < -0.4 is 5.32 Å². The van der Waals surface area contributed by atoms with Crippen molar-refractivity contribution in [3.8, 4) is 0 Å². The smallest absolute Gasteiger partial charge is 0.347 e. The molecule has 1 aliphatic rings. The molecule has 1 aliphatic heterocycles. The summed E-state index contributed by atoms with van der Waals surface area (Å²) >= 11 is 0. The van der Waals surface area contributed by atoms with E-state index in [1.165, 1.54) is 4.90 Å². The Kier molecular flexibility index (Phi) is 10.2. The van der Waals surface area contributed by atoms with Crippen LogP contribution in [-0.2, 0) is 47.7 Å². The van der Waals surface area contributed by atoms with Crippen molar-refractivity contribution in [2.75, 3.05) is 13.7 Å². The Hall–Kier alpha value is -3.18. The van der Waals surface area contributed by atoms with E-state index < -0.39 is 77.9 Å². The van der Waals surface area contributed by atoms with Gasteiger partial charge in [-0.25, -0.2) is 14.4 Å². The fourth-order valence-corrected chi connectivity index (χ4v) is 3.09. The van der Waals surface area contributed by atoms with Crippen molar-refractivity contribution < 1.29 is 47.7 Å². The third-order valence-corrected chi connectivity index (χ3v) is 4.57. The number of amides is 2. The molecule has 1 rings (SSSR count). The van der Waals surface area contributed by atoms with Crippen molar-refractivity contribution in [1.82, 2.24) is 10.2 Å². The van der Waals surface area contributed by atoms with Gasteiger partial charge in [-0.1, -0.05) is 0 Å². The fraction of sp³-hybridized carbons (Fsp3) is 0.739. The van der Waals surface area contributed by atoms with Crippen molar-refractivity contribution in [2.24, 2.45) is 0 Å². The highest BCUT2D eigenvalue weighted by Crippen LogP contribution is 2.23. The van der Waals surface area contributed by atoms with Gasteiger partial charge in [-0.05, 0) is 48.0 Å². The number of ether oxygens (including phenoxy) is 4. The van der Waals surface area contributed by atoms with Crippen molar-refractivity contribution >= 4 is 35.7 Å². The number of nitrogens with one attached hydrogen (secondary N) is 1. The molecule has 35 heavy (non-hydrogen) atoms. The molecule has 1 heterocycles. The van der Waals surface area contributed by atoms with Gasteiger partial charge in [-0.3, -0.25) is 14.4 Å². The zero-order chi connectivity index (χ0) is 27.1. The number of esters is 4. The first-order valence-corrected chi connectivity index (χ1v) is 11.2. The van der Waals surface area contributed by atoms with Gasteiger partial charge in [0.15, 0.2) is 0 Å². The Morgan fingerprint density at radius 1 is 0.914 bits per heavy atom. The number of hydrogen-bond donors (Lipinski definition) is 1. The van der Waals surface area contributed by atoms with Gasteiger partial charge in [-0.2, -0.15) is 0 Å². The lowest BCUT2D eigenvalue weighted by Gasteiger charge is -2.40. The molecule has 3 atom stereocenters. The molecular weight excluding hydrogens is 464 g/mol. The first-order valence-electron chi connectivity index (χ1n) is 11.2. The molecule has 12 heteroatoms. The summed E-state index contributed by atoms with van der Waals surface area (Å²) in [7, 11) is 1.06. The van der Waals surface area contributed by atoms with Gasteiger partial charge in [-0.15, -0.1) is 0 Å². The molecule has 1 N–H and O–H groups in total. The molecule has 1 fully saturated rings. The first kappa shape index (κ1) is 29.9. The molecule has 0 bridgehead atoms. The second kappa shape index (κ2) is 12.0. The van der Waals surface area contributed by atoms with Crippen LogP contribution in [0.4, 0.5) is 0 Å². The molecule has 0 unspecified atom stereocenters. The topological polar surface area (TPSA) is 155 Å². The van der Waals surface area contributed by atoms with E-state index in [0.717, 1.165) is 14.0 Å². The third kappa shape index (κ3) is 10.3. The Labute approximate surface area is 204 Å². The van der Waals surface area contributed by atoms with Crippen molar-refractivity contribution in [2.45, 2.75) is 97.1 Å². The van der Waals surface area contributed by atoms with E-state index in [-0.39, 0.29) is 6.54 Å². The Morgan fingerprint density at radius 2 is 1.49 bits per heavy atom. The number of methoxy groups -OCH3 is 1. The minimum atomic E-state index is -1.53. The highest BCUT2D eigenvalue weighted by molar-refractivity contribution is 5.93. The zero-order valence-electron chi connectivity index (χ0n) is 21.6. The highest BCUT2D eigenvalue weighted by atomic mass is 16.6. The van der Waals surface area contributed by atoms with Crippen molar-refractivity contribution in [3.63, 3.8) is 0 Å². The van der Waals surface area contributed by atoms with Gasteiger partial charge in [0.2, 0.25) is 17.9 Å². The van der Waals surface area contributed by atoms with Crippen molar-refractivity contribution in [1.29, 1.82) is 0 Å². The predicted octanol–water partition coefficient (Wildman–Crippen LogP) is 0.640. The van der Waals surface area contributed by atoms with Crippen LogP contribution >= 0.6 is 0 Å². The second-order valence-electron chi connectivity index (χ2n) is 10.1. The number of nitrogens with zero attached hydrogens (tertiary/aromatic N) is 1. The molecule has 1 saturated heterocycles. The quantitative estimate of drug-likeness (QED) is 0.352. The monoisotopic (exact) mass is 500 g/mol. The molecule has 0 aromatic heterocycles. The average molecular weight is 501 g/mol. The van der Waals surface area contributed by atoms with Gasteiger partial charge in [0.05, 0.1) is 20.0 Å². The minimum absolute atomic E-state index is 0.286. The molecule has 0 aliphatic carbocycles. The summed E-state index contributed by atoms with van der Waals surface area (Å²) in [4.78, 5) is 75.0. The van der Waals surface area contributed by atoms with Crippen LogP contribution in [0.5, 0.6) is 0 Å². The molecule has 0 aromatic carbocycles. The lowest BCUT2D eigenvalue weighted by atomic mass is 10.0. The minimum Gasteiger partial charge on any atom is -0.466 e. The van der Waals surface area contributed by atoms with Gasteiger partial charge >= 0.3 is 23.9 Å². The van der Waals surface area contributed by atoms with E-state index in [1.54, 1.807) is 41.5 Å². The number of rotatable bonds is 9. The maximum absolute atomic E-state index is 12.9. The van der Waals surface area contributed by atoms with Crippen molar-refractivity contribution in [3.05, 3.63) is 0 Å². The van der Waals surface area contributed by atoms with E-state index in [9.17, 15) is 28.8 Å². The van der Waals surface area contributed by atoms with Crippen LogP contribution in [0.1, 0.15) is 67.7 Å². The summed E-state index contributed by atoms with van der Waals surface area (Å²) in [5, 5.41) is 2.36. The van der Waals surface area contributed by atoms with Gasteiger partial charge in [0, 0.05) is 13.5 Å². The maximum Gasteiger partial charge on any atom is 0.347 e. The third-order valence-electron chi connectivity index (χ3n) is 4.57. The maximum atomic E-state index is 12.9. The lowest BCUT2D eigenvalue weighted by molar-refractivity contribution is -0.172. The first-order chi connectivity index (χ1) is 15.9. The summed E-state index contributed by atoms with van der Waals surface area (Å²) < 4.78 is 20.0. The number of likely N-dealkylation sites (tertiary alicyclic amines) is 1. The van der Waals surface area contributed by atoms with E-state index in [1.807, 2.05) is 0 Å². The molecule has 0 spiro atoms. The summed E-state index contributed by atoms with van der Waals surface area (Å²) in [6.45, 7) is 11.3. The molecule has 198 valence electrons. The number of carbonyl (C=O) groups is 6. The highest BCUT2D eigenvalue weighted by Gasteiger charge is 2.42. The summed E-state index contributed by atoms with van der Waals surface area (Å²) in [6.07, 6.45) is -2.24. The van der Waals surface area contributed by atoms with Crippen LogP contribution in [0.3, 0.4) is 0 Å².